The fourth-order valence-electron chi connectivity index (χ4n) is 3.03. The highest BCUT2D eigenvalue weighted by molar-refractivity contribution is 5.41. The Hall–Kier alpha value is -1.94. The number of rotatable bonds is 6. The molecule has 1 aromatic heterocycles. The molecule has 2 heterocycles. The van der Waals surface area contributed by atoms with E-state index >= 15 is 0 Å². The Labute approximate surface area is 138 Å². The van der Waals surface area contributed by atoms with E-state index in [1.807, 2.05) is 6.92 Å². The first-order valence-corrected chi connectivity index (χ1v) is 8.49. The Kier molecular flexibility index (Phi) is 5.23. The van der Waals surface area contributed by atoms with Crippen molar-refractivity contribution < 1.29 is 4.74 Å². The first kappa shape index (κ1) is 15.9. The Bertz CT molecular complexity index is 624. The average molecular weight is 311 g/mol. The van der Waals surface area contributed by atoms with Crippen molar-refractivity contribution in [3.63, 3.8) is 0 Å². The molecule has 0 amide bonds. The number of nitrogens with zero attached hydrogens (tertiary/aromatic N) is 3. The van der Waals surface area contributed by atoms with E-state index < -0.39 is 0 Å². The van der Waals surface area contributed by atoms with Crippen molar-refractivity contribution in [3.8, 4) is 0 Å². The summed E-state index contributed by atoms with van der Waals surface area (Å²) in [6.07, 6.45) is 3.53. The maximum Gasteiger partial charge on any atom is 0.132 e. The Morgan fingerprint density at radius 2 is 2.04 bits per heavy atom. The minimum absolute atomic E-state index is 0.305. The van der Waals surface area contributed by atoms with Crippen LogP contribution in [0.3, 0.4) is 0 Å². The molecule has 1 saturated heterocycles. The number of aromatic nitrogens is 2. The van der Waals surface area contributed by atoms with E-state index in [1.54, 1.807) is 0 Å². The molecule has 1 aliphatic rings. The zero-order valence-electron chi connectivity index (χ0n) is 14.0. The third kappa shape index (κ3) is 4.29. The smallest absolute Gasteiger partial charge is 0.132 e. The molecular formula is C19H25N3O. The molecule has 4 heteroatoms. The molecule has 1 unspecified atom stereocenters. The number of ether oxygens (including phenoxy) is 1. The van der Waals surface area contributed by atoms with Gasteiger partial charge in [0.1, 0.15) is 11.6 Å². The maximum atomic E-state index is 5.84. The third-order valence-corrected chi connectivity index (χ3v) is 4.23. The molecule has 4 nitrogen and oxygen atoms in total. The van der Waals surface area contributed by atoms with Crippen LogP contribution in [0.4, 0.5) is 5.82 Å². The molecule has 0 bridgehead atoms. The van der Waals surface area contributed by atoms with E-state index in [-0.39, 0.29) is 0 Å². The lowest BCUT2D eigenvalue weighted by molar-refractivity contribution is 0.115. The molecule has 1 aromatic carbocycles. The molecule has 1 aliphatic heterocycles. The number of aryl methyl sites for hydroxylation is 2. The Balaban J connectivity index is 1.85. The fourth-order valence-corrected chi connectivity index (χ4v) is 3.03. The normalized spacial score (nSPS) is 17.4. The van der Waals surface area contributed by atoms with Crippen molar-refractivity contribution in [2.45, 2.75) is 45.8 Å². The molecule has 0 N–H and O–H groups in total. The van der Waals surface area contributed by atoms with Gasteiger partial charge in [0.2, 0.25) is 0 Å². The number of benzene rings is 1. The predicted octanol–water partition coefficient (Wildman–Crippen LogP) is 3.53. The number of hydrogen-bond acceptors (Lipinski definition) is 4. The summed E-state index contributed by atoms with van der Waals surface area (Å²) < 4.78 is 5.84. The lowest BCUT2D eigenvalue weighted by Gasteiger charge is -2.27. The minimum atomic E-state index is 0.305. The van der Waals surface area contributed by atoms with Crippen molar-refractivity contribution >= 4 is 5.82 Å². The monoisotopic (exact) mass is 311 g/mol. The van der Waals surface area contributed by atoms with Gasteiger partial charge in [-0.15, -0.1) is 0 Å². The van der Waals surface area contributed by atoms with Crippen LogP contribution >= 0.6 is 0 Å². The van der Waals surface area contributed by atoms with Gasteiger partial charge in [0, 0.05) is 31.5 Å². The molecule has 0 spiro atoms. The molecule has 23 heavy (non-hydrogen) atoms. The Morgan fingerprint density at radius 3 is 2.74 bits per heavy atom. The second kappa shape index (κ2) is 7.55. The van der Waals surface area contributed by atoms with Gasteiger partial charge in [-0.05, 0) is 31.7 Å². The van der Waals surface area contributed by atoms with Gasteiger partial charge >= 0.3 is 0 Å². The highest BCUT2D eigenvalue weighted by Gasteiger charge is 2.21. The van der Waals surface area contributed by atoms with Gasteiger partial charge in [0.15, 0.2) is 0 Å². The van der Waals surface area contributed by atoms with Gasteiger partial charge in [-0.3, -0.25) is 0 Å². The molecule has 0 aliphatic carbocycles. The van der Waals surface area contributed by atoms with Crippen molar-refractivity contribution in [1.29, 1.82) is 0 Å². The first-order chi connectivity index (χ1) is 11.2. The summed E-state index contributed by atoms with van der Waals surface area (Å²) in [6, 6.07) is 12.7. The molecule has 2 aromatic rings. The molecule has 3 rings (SSSR count). The zero-order valence-corrected chi connectivity index (χ0v) is 14.0. The van der Waals surface area contributed by atoms with Gasteiger partial charge < -0.3 is 9.64 Å². The maximum absolute atomic E-state index is 5.84. The lowest BCUT2D eigenvalue weighted by Crippen LogP contribution is -2.32. The Morgan fingerprint density at radius 1 is 1.22 bits per heavy atom. The van der Waals surface area contributed by atoms with E-state index in [9.17, 15) is 0 Å². The first-order valence-electron chi connectivity index (χ1n) is 8.49. The summed E-state index contributed by atoms with van der Waals surface area (Å²) in [4.78, 5) is 11.5. The SMILES string of the molecule is CCc1cc(N(Cc2ccccc2)CC2CCCO2)nc(C)n1. The van der Waals surface area contributed by atoms with Crippen molar-refractivity contribution in [2.24, 2.45) is 0 Å². The highest BCUT2D eigenvalue weighted by atomic mass is 16.5. The molecule has 1 atom stereocenters. The summed E-state index contributed by atoms with van der Waals surface area (Å²) in [5.41, 5.74) is 2.39. The summed E-state index contributed by atoms with van der Waals surface area (Å²) >= 11 is 0. The van der Waals surface area contributed by atoms with Crippen molar-refractivity contribution in [1.82, 2.24) is 9.97 Å². The summed E-state index contributed by atoms with van der Waals surface area (Å²) in [5, 5.41) is 0. The van der Waals surface area contributed by atoms with Gasteiger partial charge in [-0.2, -0.15) is 0 Å². The van der Waals surface area contributed by atoms with Crippen LogP contribution < -0.4 is 4.90 Å². The van der Waals surface area contributed by atoms with Crippen LogP contribution in [0.25, 0.3) is 0 Å². The molecule has 0 radical (unpaired) electrons. The van der Waals surface area contributed by atoms with Crippen molar-refractivity contribution in [3.05, 3.63) is 53.5 Å². The molecular weight excluding hydrogens is 286 g/mol. The zero-order chi connectivity index (χ0) is 16.1. The second-order valence-corrected chi connectivity index (χ2v) is 6.12. The minimum Gasteiger partial charge on any atom is -0.376 e. The fraction of sp³-hybridized carbons (Fsp3) is 0.474. The van der Waals surface area contributed by atoms with E-state index in [0.29, 0.717) is 6.10 Å². The van der Waals surface area contributed by atoms with Gasteiger partial charge in [0.25, 0.3) is 0 Å². The van der Waals surface area contributed by atoms with Gasteiger partial charge in [-0.1, -0.05) is 37.3 Å². The van der Waals surface area contributed by atoms with E-state index in [1.165, 1.54) is 5.56 Å². The van der Waals surface area contributed by atoms with Crippen LogP contribution in [0.2, 0.25) is 0 Å². The lowest BCUT2D eigenvalue weighted by atomic mass is 10.1. The van der Waals surface area contributed by atoms with E-state index in [0.717, 1.165) is 56.3 Å². The van der Waals surface area contributed by atoms with Crippen LogP contribution in [0.5, 0.6) is 0 Å². The third-order valence-electron chi connectivity index (χ3n) is 4.23. The van der Waals surface area contributed by atoms with Crippen molar-refractivity contribution in [2.75, 3.05) is 18.1 Å². The quantitative estimate of drug-likeness (QED) is 0.818. The summed E-state index contributed by atoms with van der Waals surface area (Å²) in [5.74, 6) is 1.85. The standard InChI is InChI=1S/C19H25N3O/c1-3-17-12-19(21-15(2)20-17)22(14-18-10-7-11-23-18)13-16-8-5-4-6-9-16/h4-6,8-9,12,18H,3,7,10-11,13-14H2,1-2H3. The van der Waals surface area contributed by atoms with Crippen LogP contribution in [0.15, 0.2) is 36.4 Å². The highest BCUT2D eigenvalue weighted by Crippen LogP contribution is 2.21. The summed E-state index contributed by atoms with van der Waals surface area (Å²) in [6.45, 7) is 6.71. The summed E-state index contributed by atoms with van der Waals surface area (Å²) in [7, 11) is 0. The number of anilines is 1. The molecule has 0 saturated carbocycles. The van der Waals surface area contributed by atoms with Crippen LogP contribution in [-0.4, -0.2) is 29.2 Å². The molecule has 1 fully saturated rings. The molecule has 122 valence electrons. The van der Waals surface area contributed by atoms with Gasteiger partial charge in [0.05, 0.1) is 6.10 Å². The van der Waals surface area contributed by atoms with Crippen LogP contribution in [0.1, 0.15) is 36.8 Å². The predicted molar refractivity (Wildman–Crippen MR) is 92.6 cm³/mol. The van der Waals surface area contributed by atoms with E-state index in [4.69, 9.17) is 4.74 Å². The number of hydrogen-bond donors (Lipinski definition) is 0. The van der Waals surface area contributed by atoms with E-state index in [2.05, 4.69) is 58.2 Å². The van der Waals surface area contributed by atoms with Gasteiger partial charge in [-0.25, -0.2) is 9.97 Å². The van der Waals surface area contributed by atoms with Crippen LogP contribution in [0, 0.1) is 6.92 Å². The largest absolute Gasteiger partial charge is 0.376 e. The topological polar surface area (TPSA) is 38.2 Å². The second-order valence-electron chi connectivity index (χ2n) is 6.12. The average Bonchev–Trinajstić information content (AvgIpc) is 3.07. The van der Waals surface area contributed by atoms with Crippen LogP contribution in [-0.2, 0) is 17.7 Å².